The number of thiophene rings is 1. The summed E-state index contributed by atoms with van der Waals surface area (Å²) >= 11 is 7.70. The van der Waals surface area contributed by atoms with Gasteiger partial charge in [0.15, 0.2) is 0 Å². The van der Waals surface area contributed by atoms with Gasteiger partial charge in [0.1, 0.15) is 11.9 Å². The van der Waals surface area contributed by atoms with Crippen molar-refractivity contribution in [3.63, 3.8) is 0 Å². The fraction of sp³-hybridized carbons (Fsp3) is 0.370. The molecule has 0 amide bonds. The summed E-state index contributed by atoms with van der Waals surface area (Å²) in [5.41, 5.74) is -0.804. The van der Waals surface area contributed by atoms with Crippen molar-refractivity contribution < 1.29 is 17.9 Å². The SMILES string of the molecule is C[C@@H]1CN(c2nc(=O)n3c4c(cc(C(F)(F)F)cc24)[SH](c2cc(Cl)cs2)C[C@@H](Oc2ccccn2)C3)C[C@H](C)N1. The molecule has 13 heteroatoms. The number of pyridine rings is 1. The molecule has 0 radical (unpaired) electrons. The van der Waals surface area contributed by atoms with Crippen LogP contribution in [0.3, 0.4) is 0 Å². The Balaban J connectivity index is 1.61. The van der Waals surface area contributed by atoms with Crippen LogP contribution in [0.2, 0.25) is 5.02 Å². The highest BCUT2D eigenvalue weighted by atomic mass is 35.5. The van der Waals surface area contributed by atoms with E-state index in [2.05, 4.69) is 15.3 Å². The van der Waals surface area contributed by atoms with Crippen molar-refractivity contribution in [1.29, 1.82) is 0 Å². The third kappa shape index (κ3) is 5.29. The standard InChI is InChI=1S/C27H27ClF3N5O2S2/c1-15-10-35(11-16(2)33-15)25-20-7-17(27(29,30)31)8-21-24(20)36(26(37)34-25)12-19(38-22-5-3-4-6-32-22)14-40(21)23-9-18(28)13-39-23/h3-9,13,15-16,19,33,40H,10-12,14H2,1-2H3/t15-,16+,19-/m0/s1. The van der Waals surface area contributed by atoms with Crippen LogP contribution in [0.1, 0.15) is 19.4 Å². The Morgan fingerprint density at radius 2 is 1.93 bits per heavy atom. The number of ether oxygens (including phenoxy) is 1. The lowest BCUT2D eigenvalue weighted by atomic mass is 10.1. The van der Waals surface area contributed by atoms with Crippen LogP contribution in [-0.4, -0.2) is 51.6 Å². The smallest absolute Gasteiger partial charge is 0.416 e. The van der Waals surface area contributed by atoms with Crippen LogP contribution in [0.15, 0.2) is 61.9 Å². The Morgan fingerprint density at radius 3 is 2.58 bits per heavy atom. The number of hydrogen-bond donors (Lipinski definition) is 2. The summed E-state index contributed by atoms with van der Waals surface area (Å²) < 4.78 is 51.7. The monoisotopic (exact) mass is 609 g/mol. The molecular formula is C27H27ClF3N5O2S2. The molecule has 6 rings (SSSR count). The summed E-state index contributed by atoms with van der Waals surface area (Å²) in [5.74, 6) is 1.05. The van der Waals surface area contributed by atoms with E-state index >= 15 is 0 Å². The highest BCUT2D eigenvalue weighted by molar-refractivity contribution is 8.18. The van der Waals surface area contributed by atoms with E-state index < -0.39 is 34.4 Å². The van der Waals surface area contributed by atoms with Crippen molar-refractivity contribution in [3.8, 4) is 5.88 Å². The molecule has 7 nitrogen and oxygen atoms in total. The maximum Gasteiger partial charge on any atom is 0.416 e. The first-order valence-corrected chi connectivity index (χ1v) is 15.6. The van der Waals surface area contributed by atoms with E-state index in [-0.39, 0.29) is 24.4 Å². The number of halogens is 4. The van der Waals surface area contributed by atoms with Crippen molar-refractivity contribution in [2.75, 3.05) is 23.7 Å². The molecule has 4 atom stereocenters. The molecule has 3 aromatic heterocycles. The van der Waals surface area contributed by atoms with Gasteiger partial charge in [-0.15, -0.1) is 11.3 Å². The highest BCUT2D eigenvalue weighted by Gasteiger charge is 2.37. The Hall–Kier alpha value is -2.80. The van der Waals surface area contributed by atoms with Crippen LogP contribution in [0.4, 0.5) is 19.0 Å². The van der Waals surface area contributed by atoms with Crippen molar-refractivity contribution in [2.45, 2.75) is 53.9 Å². The molecule has 212 valence electrons. The molecule has 2 aliphatic rings. The first-order chi connectivity index (χ1) is 19.1. The molecule has 0 spiro atoms. The van der Waals surface area contributed by atoms with E-state index in [0.717, 1.165) is 10.3 Å². The fourth-order valence-corrected chi connectivity index (χ4v) is 9.90. The van der Waals surface area contributed by atoms with Gasteiger partial charge < -0.3 is 15.0 Å². The van der Waals surface area contributed by atoms with Crippen molar-refractivity contribution in [1.82, 2.24) is 19.9 Å². The van der Waals surface area contributed by atoms with Gasteiger partial charge in [-0.2, -0.15) is 29.1 Å². The lowest BCUT2D eigenvalue weighted by Crippen LogP contribution is -2.55. The van der Waals surface area contributed by atoms with Crippen LogP contribution in [0.25, 0.3) is 10.9 Å². The van der Waals surface area contributed by atoms with Gasteiger partial charge in [0, 0.05) is 63.1 Å². The summed E-state index contributed by atoms with van der Waals surface area (Å²) in [6, 6.07) is 9.58. The van der Waals surface area contributed by atoms with Crippen LogP contribution >= 0.6 is 33.8 Å². The van der Waals surface area contributed by atoms with E-state index in [1.165, 1.54) is 22.0 Å². The average Bonchev–Trinajstić information content (AvgIpc) is 3.25. The first-order valence-electron chi connectivity index (χ1n) is 12.8. The zero-order chi connectivity index (χ0) is 28.2. The Labute approximate surface area is 240 Å². The molecule has 1 aromatic carbocycles. The number of thiol groups is 1. The van der Waals surface area contributed by atoms with Crippen molar-refractivity contribution >= 4 is 50.6 Å². The second-order valence-electron chi connectivity index (χ2n) is 10.2. The molecule has 1 unspecified atom stereocenters. The molecule has 4 aromatic rings. The summed E-state index contributed by atoms with van der Waals surface area (Å²) in [6.45, 7) is 5.17. The van der Waals surface area contributed by atoms with Gasteiger partial charge in [0.25, 0.3) is 0 Å². The molecule has 1 saturated heterocycles. The summed E-state index contributed by atoms with van der Waals surface area (Å²) in [6.07, 6.45) is -3.51. The Bertz CT molecular complexity index is 1600. The highest BCUT2D eigenvalue weighted by Crippen LogP contribution is 2.54. The second-order valence-corrected chi connectivity index (χ2v) is 14.0. The van der Waals surface area contributed by atoms with E-state index in [1.54, 1.807) is 35.8 Å². The predicted molar refractivity (Wildman–Crippen MR) is 154 cm³/mol. The number of rotatable bonds is 4. The lowest BCUT2D eigenvalue weighted by Gasteiger charge is -2.37. The predicted octanol–water partition coefficient (Wildman–Crippen LogP) is 5.59. The summed E-state index contributed by atoms with van der Waals surface area (Å²) in [7, 11) is -1.37. The number of nitrogens with one attached hydrogen (secondary N) is 1. The first kappa shape index (κ1) is 27.4. The number of alkyl halides is 3. The minimum absolute atomic E-state index is 0.0746. The van der Waals surface area contributed by atoms with Gasteiger partial charge >= 0.3 is 11.9 Å². The van der Waals surface area contributed by atoms with Gasteiger partial charge in [-0.05, 0) is 38.1 Å². The fourth-order valence-electron chi connectivity index (χ4n) is 5.54. The lowest BCUT2D eigenvalue weighted by molar-refractivity contribution is -0.137. The van der Waals surface area contributed by atoms with Gasteiger partial charge in [0.2, 0.25) is 5.88 Å². The number of piperazine rings is 1. The largest absolute Gasteiger partial charge is 0.472 e. The number of hydrogen-bond acceptors (Lipinski definition) is 7. The van der Waals surface area contributed by atoms with Crippen LogP contribution < -0.4 is 20.6 Å². The van der Waals surface area contributed by atoms with Gasteiger partial charge in [-0.1, -0.05) is 17.7 Å². The zero-order valence-corrected chi connectivity index (χ0v) is 24.1. The normalized spacial score (nSPS) is 24.2. The summed E-state index contributed by atoms with van der Waals surface area (Å²) in [4.78, 5) is 24.7. The number of benzene rings is 1. The second kappa shape index (κ2) is 10.6. The number of anilines is 1. The molecule has 0 saturated carbocycles. The molecule has 40 heavy (non-hydrogen) atoms. The van der Waals surface area contributed by atoms with E-state index in [0.29, 0.717) is 45.5 Å². The third-order valence-corrected chi connectivity index (χ3v) is 11.4. The number of nitrogens with zero attached hydrogens (tertiary/aromatic N) is 4. The quantitative estimate of drug-likeness (QED) is 0.294. The van der Waals surface area contributed by atoms with Gasteiger partial charge in [-0.3, -0.25) is 4.57 Å². The Kier molecular flexibility index (Phi) is 7.22. The average molecular weight is 610 g/mol. The number of aromatic nitrogens is 3. The van der Waals surface area contributed by atoms with Crippen molar-refractivity contribution in [3.05, 3.63) is 69.0 Å². The van der Waals surface area contributed by atoms with E-state index in [1.807, 2.05) is 18.7 Å². The molecule has 1 fully saturated rings. The molecule has 0 bridgehead atoms. The minimum Gasteiger partial charge on any atom is -0.472 e. The molecular weight excluding hydrogens is 583 g/mol. The topological polar surface area (TPSA) is 72.3 Å². The summed E-state index contributed by atoms with van der Waals surface area (Å²) in [5, 5.41) is 6.05. The van der Waals surface area contributed by atoms with Crippen LogP contribution in [-0.2, 0) is 12.7 Å². The zero-order valence-electron chi connectivity index (χ0n) is 21.7. The molecule has 5 heterocycles. The van der Waals surface area contributed by atoms with Gasteiger partial charge in [-0.25, -0.2) is 9.78 Å². The minimum atomic E-state index is -4.59. The van der Waals surface area contributed by atoms with Gasteiger partial charge in [0.05, 0.1) is 22.6 Å². The molecule has 2 aliphatic heterocycles. The third-order valence-electron chi connectivity index (χ3n) is 7.03. The van der Waals surface area contributed by atoms with Crippen molar-refractivity contribution in [2.24, 2.45) is 0 Å². The maximum absolute atomic E-state index is 14.4. The maximum atomic E-state index is 14.4. The molecule has 1 N–H and O–H groups in total. The van der Waals surface area contributed by atoms with Crippen LogP contribution in [0.5, 0.6) is 5.88 Å². The Morgan fingerprint density at radius 1 is 1.15 bits per heavy atom. The van der Waals surface area contributed by atoms with E-state index in [4.69, 9.17) is 16.3 Å². The van der Waals surface area contributed by atoms with Crippen LogP contribution in [0, 0.1) is 0 Å². The van der Waals surface area contributed by atoms with E-state index in [9.17, 15) is 18.0 Å². The molecule has 0 aliphatic carbocycles.